The number of urea groups is 1. The molecule has 0 fully saturated rings. The van der Waals surface area contributed by atoms with Gasteiger partial charge >= 0.3 is 6.03 Å². The number of nitrogens with zero attached hydrogens (tertiary/aromatic N) is 3. The lowest BCUT2D eigenvalue weighted by molar-refractivity contribution is -0.116. The number of benzene rings is 1. The molecular formula is C17H23N5O3. The summed E-state index contributed by atoms with van der Waals surface area (Å²) in [5.41, 5.74) is 1.52. The van der Waals surface area contributed by atoms with Gasteiger partial charge in [0.2, 0.25) is 5.91 Å². The molecule has 0 aliphatic carbocycles. The van der Waals surface area contributed by atoms with E-state index in [1.165, 1.54) is 4.90 Å². The van der Waals surface area contributed by atoms with Crippen LogP contribution in [0.25, 0.3) is 0 Å². The Bertz CT molecular complexity index is 687. The van der Waals surface area contributed by atoms with Crippen molar-refractivity contribution in [3.05, 3.63) is 48.3 Å². The van der Waals surface area contributed by atoms with Gasteiger partial charge in [0.05, 0.1) is 6.61 Å². The van der Waals surface area contributed by atoms with Gasteiger partial charge in [0.1, 0.15) is 6.54 Å². The van der Waals surface area contributed by atoms with Crippen molar-refractivity contribution in [2.24, 2.45) is 0 Å². The number of hydrogen-bond donors (Lipinski definition) is 3. The second-order valence-corrected chi connectivity index (χ2v) is 5.41. The molecule has 1 aromatic heterocycles. The lowest BCUT2D eigenvalue weighted by Crippen LogP contribution is -2.41. The first-order valence-corrected chi connectivity index (χ1v) is 8.12. The normalized spacial score (nSPS) is 10.3. The molecule has 3 N–H and O–H groups in total. The third-order valence-corrected chi connectivity index (χ3v) is 3.56. The monoisotopic (exact) mass is 345 g/mol. The van der Waals surface area contributed by atoms with Gasteiger partial charge in [-0.3, -0.25) is 9.48 Å². The molecule has 0 atom stereocenters. The maximum absolute atomic E-state index is 12.0. The predicted octanol–water partition coefficient (Wildman–Crippen LogP) is 1.05. The van der Waals surface area contributed by atoms with Crippen LogP contribution in [0.4, 0.5) is 10.5 Å². The van der Waals surface area contributed by atoms with Crippen molar-refractivity contribution in [2.45, 2.75) is 20.0 Å². The van der Waals surface area contributed by atoms with Gasteiger partial charge in [0, 0.05) is 37.7 Å². The summed E-state index contributed by atoms with van der Waals surface area (Å²) in [5, 5.41) is 18.5. The van der Waals surface area contributed by atoms with E-state index >= 15 is 0 Å². The van der Waals surface area contributed by atoms with E-state index in [1.807, 2.05) is 25.1 Å². The predicted molar refractivity (Wildman–Crippen MR) is 93.9 cm³/mol. The maximum atomic E-state index is 12.0. The van der Waals surface area contributed by atoms with Crippen LogP contribution >= 0.6 is 0 Å². The lowest BCUT2D eigenvalue weighted by Gasteiger charge is -2.20. The third-order valence-electron chi connectivity index (χ3n) is 3.56. The van der Waals surface area contributed by atoms with E-state index < -0.39 is 0 Å². The highest BCUT2D eigenvalue weighted by Crippen LogP contribution is 2.11. The first kappa shape index (κ1) is 18.5. The van der Waals surface area contributed by atoms with E-state index in [0.717, 1.165) is 5.56 Å². The fourth-order valence-electron chi connectivity index (χ4n) is 2.31. The summed E-state index contributed by atoms with van der Waals surface area (Å²) in [6.07, 6.45) is 3.34. The Labute approximate surface area is 146 Å². The van der Waals surface area contributed by atoms with Gasteiger partial charge in [-0.25, -0.2) is 4.79 Å². The third kappa shape index (κ3) is 5.92. The largest absolute Gasteiger partial charge is 0.395 e. The summed E-state index contributed by atoms with van der Waals surface area (Å²) in [6, 6.07) is 8.80. The van der Waals surface area contributed by atoms with Crippen LogP contribution in [0.1, 0.15) is 12.5 Å². The van der Waals surface area contributed by atoms with E-state index in [-0.39, 0.29) is 25.1 Å². The molecule has 0 unspecified atom stereocenters. The fourth-order valence-corrected chi connectivity index (χ4v) is 2.31. The van der Waals surface area contributed by atoms with Gasteiger partial charge in [-0.05, 0) is 30.7 Å². The molecule has 2 aromatic rings. The molecule has 25 heavy (non-hydrogen) atoms. The zero-order valence-electron chi connectivity index (χ0n) is 14.2. The molecule has 3 amide bonds. The summed E-state index contributed by atoms with van der Waals surface area (Å²) < 4.78 is 1.54. The Morgan fingerprint density at radius 3 is 2.84 bits per heavy atom. The van der Waals surface area contributed by atoms with E-state index in [4.69, 9.17) is 5.11 Å². The molecular weight excluding hydrogens is 322 g/mol. The molecule has 1 heterocycles. The van der Waals surface area contributed by atoms with Crippen molar-refractivity contribution in [1.29, 1.82) is 0 Å². The summed E-state index contributed by atoms with van der Waals surface area (Å²) in [4.78, 5) is 25.5. The number of rotatable bonds is 8. The number of aromatic nitrogens is 2. The second-order valence-electron chi connectivity index (χ2n) is 5.41. The van der Waals surface area contributed by atoms with Crippen molar-refractivity contribution in [3.8, 4) is 0 Å². The molecule has 0 saturated heterocycles. The Morgan fingerprint density at radius 2 is 2.16 bits per heavy atom. The minimum absolute atomic E-state index is 0.0704. The molecule has 8 nitrogen and oxygen atoms in total. The number of carbonyl (C=O) groups excluding carboxylic acids is 2. The molecule has 1 aromatic carbocycles. The van der Waals surface area contributed by atoms with Crippen LogP contribution in [0.5, 0.6) is 0 Å². The van der Waals surface area contributed by atoms with Crippen LogP contribution in [0, 0.1) is 0 Å². The number of anilines is 1. The van der Waals surface area contributed by atoms with Crippen LogP contribution in [-0.2, 0) is 17.9 Å². The molecule has 0 aliphatic rings. The molecule has 0 aliphatic heterocycles. The summed E-state index contributed by atoms with van der Waals surface area (Å²) in [5.74, 6) is -0.176. The van der Waals surface area contributed by atoms with Crippen molar-refractivity contribution in [1.82, 2.24) is 20.0 Å². The second kappa shape index (κ2) is 9.43. The topological polar surface area (TPSA) is 99.5 Å². The summed E-state index contributed by atoms with van der Waals surface area (Å²) in [7, 11) is 0. The maximum Gasteiger partial charge on any atom is 0.317 e. The SMILES string of the molecule is CCN(CCO)C(=O)NCc1cccc(NC(=O)Cn2cccn2)c1. The summed E-state index contributed by atoms with van der Waals surface area (Å²) >= 11 is 0. The Balaban J connectivity index is 1.87. The Kier molecular flexibility index (Phi) is 6.97. The minimum Gasteiger partial charge on any atom is -0.395 e. The number of aliphatic hydroxyl groups is 1. The number of aliphatic hydroxyl groups excluding tert-OH is 1. The number of hydrogen-bond acceptors (Lipinski definition) is 4. The van der Waals surface area contributed by atoms with E-state index in [0.29, 0.717) is 25.3 Å². The first-order valence-electron chi connectivity index (χ1n) is 8.12. The Hall–Kier alpha value is -2.87. The first-order chi connectivity index (χ1) is 12.1. The highest BCUT2D eigenvalue weighted by molar-refractivity contribution is 5.90. The molecule has 134 valence electrons. The van der Waals surface area contributed by atoms with E-state index in [9.17, 15) is 9.59 Å². The highest BCUT2D eigenvalue weighted by Gasteiger charge is 2.10. The number of nitrogens with one attached hydrogen (secondary N) is 2. The van der Waals surface area contributed by atoms with Gasteiger partial charge in [0.15, 0.2) is 0 Å². The van der Waals surface area contributed by atoms with Crippen LogP contribution < -0.4 is 10.6 Å². The van der Waals surface area contributed by atoms with E-state index in [2.05, 4.69) is 15.7 Å². The molecule has 2 rings (SSSR count). The standard InChI is InChI=1S/C17H23N5O3/c1-2-21(9-10-23)17(25)18-12-14-5-3-6-15(11-14)20-16(24)13-22-8-4-7-19-22/h3-8,11,23H,2,9-10,12-13H2,1H3,(H,18,25)(H,20,24). The Morgan fingerprint density at radius 1 is 1.32 bits per heavy atom. The van der Waals surface area contributed by atoms with Crippen molar-refractivity contribution in [3.63, 3.8) is 0 Å². The molecule has 0 radical (unpaired) electrons. The van der Waals surface area contributed by atoms with E-state index in [1.54, 1.807) is 29.2 Å². The molecule has 8 heteroatoms. The minimum atomic E-state index is -0.232. The zero-order chi connectivity index (χ0) is 18.1. The van der Waals surface area contributed by atoms with Crippen LogP contribution in [0.15, 0.2) is 42.7 Å². The highest BCUT2D eigenvalue weighted by atomic mass is 16.3. The fraction of sp³-hybridized carbons (Fsp3) is 0.353. The number of amides is 3. The molecule has 0 spiro atoms. The van der Waals surface area contributed by atoms with Crippen LogP contribution in [-0.4, -0.2) is 51.4 Å². The quantitative estimate of drug-likeness (QED) is 0.666. The van der Waals surface area contributed by atoms with Crippen LogP contribution in [0.3, 0.4) is 0 Å². The zero-order valence-corrected chi connectivity index (χ0v) is 14.2. The van der Waals surface area contributed by atoms with Gasteiger partial charge in [-0.15, -0.1) is 0 Å². The van der Waals surface area contributed by atoms with Crippen molar-refractivity contribution < 1.29 is 14.7 Å². The summed E-state index contributed by atoms with van der Waals surface area (Å²) in [6.45, 7) is 3.08. The smallest absolute Gasteiger partial charge is 0.317 e. The van der Waals surface area contributed by atoms with Gasteiger partial charge in [-0.1, -0.05) is 12.1 Å². The van der Waals surface area contributed by atoms with Gasteiger partial charge in [0.25, 0.3) is 0 Å². The van der Waals surface area contributed by atoms with Gasteiger partial charge < -0.3 is 20.6 Å². The van der Waals surface area contributed by atoms with Crippen molar-refractivity contribution >= 4 is 17.6 Å². The average molecular weight is 345 g/mol. The number of likely N-dealkylation sites (N-methyl/N-ethyl adjacent to an activating group) is 1. The van der Waals surface area contributed by atoms with Crippen molar-refractivity contribution in [2.75, 3.05) is 25.0 Å². The molecule has 0 saturated carbocycles. The molecule has 0 bridgehead atoms. The van der Waals surface area contributed by atoms with Gasteiger partial charge in [-0.2, -0.15) is 5.10 Å². The lowest BCUT2D eigenvalue weighted by atomic mass is 10.2. The average Bonchev–Trinajstić information content (AvgIpc) is 3.10. The number of carbonyl (C=O) groups is 2. The van der Waals surface area contributed by atoms with Crippen LogP contribution in [0.2, 0.25) is 0 Å².